The Morgan fingerprint density at radius 1 is 1.00 bits per heavy atom. The van der Waals surface area contributed by atoms with Crippen molar-refractivity contribution in [2.45, 2.75) is 32.5 Å². The molecule has 0 aliphatic heterocycles. The Labute approximate surface area is 160 Å². The van der Waals surface area contributed by atoms with Crippen LogP contribution in [-0.2, 0) is 11.3 Å². The number of anilines is 1. The molecule has 5 N–H and O–H groups in total. The summed E-state index contributed by atoms with van der Waals surface area (Å²) in [6.45, 7) is 4.16. The van der Waals surface area contributed by atoms with E-state index in [-0.39, 0.29) is 30.4 Å². The van der Waals surface area contributed by atoms with Gasteiger partial charge in [-0.05, 0) is 37.1 Å². The number of carbonyl (C=O) groups is 2. The molecule has 26 heavy (non-hydrogen) atoms. The van der Waals surface area contributed by atoms with Crippen molar-refractivity contribution in [1.29, 1.82) is 0 Å². The van der Waals surface area contributed by atoms with Gasteiger partial charge in [0, 0.05) is 18.3 Å². The molecule has 6 nitrogen and oxygen atoms in total. The number of carbonyl (C=O) groups excluding carboxylic acids is 2. The summed E-state index contributed by atoms with van der Waals surface area (Å²) in [5.74, 6) is -0.232. The van der Waals surface area contributed by atoms with Gasteiger partial charge in [-0.15, -0.1) is 12.4 Å². The van der Waals surface area contributed by atoms with Crippen LogP contribution >= 0.6 is 12.4 Å². The number of rotatable bonds is 6. The molecule has 0 saturated heterocycles. The summed E-state index contributed by atoms with van der Waals surface area (Å²) in [5.41, 5.74) is 8.34. The normalized spacial score (nSPS) is 11.2. The molecule has 0 aliphatic rings. The van der Waals surface area contributed by atoms with Crippen LogP contribution in [0.15, 0.2) is 54.6 Å². The van der Waals surface area contributed by atoms with Crippen molar-refractivity contribution in [2.24, 2.45) is 5.73 Å². The summed E-state index contributed by atoms with van der Waals surface area (Å²) < 4.78 is 0. The van der Waals surface area contributed by atoms with E-state index in [0.29, 0.717) is 12.2 Å². The fourth-order valence-corrected chi connectivity index (χ4v) is 2.25. The van der Waals surface area contributed by atoms with E-state index < -0.39 is 6.04 Å². The van der Waals surface area contributed by atoms with Crippen molar-refractivity contribution in [2.75, 3.05) is 5.32 Å². The number of halogens is 1. The number of urea groups is 1. The molecule has 0 aromatic heterocycles. The van der Waals surface area contributed by atoms with Crippen LogP contribution in [0.1, 0.15) is 31.0 Å². The van der Waals surface area contributed by atoms with Gasteiger partial charge in [-0.1, -0.05) is 42.5 Å². The first kappa shape index (κ1) is 21.5. The van der Waals surface area contributed by atoms with Gasteiger partial charge in [0.25, 0.3) is 0 Å². The molecule has 7 heteroatoms. The molecular weight excluding hydrogens is 352 g/mol. The van der Waals surface area contributed by atoms with Gasteiger partial charge in [-0.2, -0.15) is 0 Å². The predicted octanol–water partition coefficient (Wildman–Crippen LogP) is 2.95. The monoisotopic (exact) mass is 376 g/mol. The maximum atomic E-state index is 12.1. The molecule has 2 rings (SSSR count). The van der Waals surface area contributed by atoms with Crippen LogP contribution in [0.5, 0.6) is 0 Å². The van der Waals surface area contributed by atoms with E-state index in [4.69, 9.17) is 5.73 Å². The Balaban J connectivity index is 0.00000338. The summed E-state index contributed by atoms with van der Waals surface area (Å²) in [6.07, 6.45) is 0. The minimum atomic E-state index is -0.693. The number of hydrogen-bond acceptors (Lipinski definition) is 3. The lowest BCUT2D eigenvalue weighted by atomic mass is 10.1. The van der Waals surface area contributed by atoms with E-state index in [1.807, 2.05) is 56.3 Å². The SMILES string of the molecule is CC(C)NC(=O)Nc1ccc(CNC(=O)C(N)c2ccccc2)cc1.Cl. The van der Waals surface area contributed by atoms with Gasteiger partial charge in [-0.3, -0.25) is 4.79 Å². The van der Waals surface area contributed by atoms with Crippen molar-refractivity contribution in [1.82, 2.24) is 10.6 Å². The molecule has 1 atom stereocenters. The third kappa shape index (κ3) is 6.74. The van der Waals surface area contributed by atoms with E-state index in [1.165, 1.54) is 0 Å². The molecule has 2 aromatic carbocycles. The largest absolute Gasteiger partial charge is 0.350 e. The van der Waals surface area contributed by atoms with Gasteiger partial charge in [0.2, 0.25) is 5.91 Å². The first-order valence-electron chi connectivity index (χ1n) is 8.20. The van der Waals surface area contributed by atoms with Crippen LogP contribution in [0.2, 0.25) is 0 Å². The zero-order valence-corrected chi connectivity index (χ0v) is 15.7. The highest BCUT2D eigenvalue weighted by Crippen LogP contribution is 2.11. The Morgan fingerprint density at radius 3 is 2.19 bits per heavy atom. The average molecular weight is 377 g/mol. The molecule has 2 aromatic rings. The van der Waals surface area contributed by atoms with Gasteiger partial charge < -0.3 is 21.7 Å². The van der Waals surface area contributed by atoms with E-state index in [1.54, 1.807) is 12.1 Å². The lowest BCUT2D eigenvalue weighted by Gasteiger charge is -2.13. The maximum Gasteiger partial charge on any atom is 0.319 e. The summed E-state index contributed by atoms with van der Waals surface area (Å²) >= 11 is 0. The molecule has 3 amide bonds. The number of benzene rings is 2. The van der Waals surface area contributed by atoms with Crippen LogP contribution in [0.25, 0.3) is 0 Å². The number of hydrogen-bond donors (Lipinski definition) is 4. The third-order valence-corrected chi connectivity index (χ3v) is 3.54. The Hall–Kier alpha value is -2.57. The van der Waals surface area contributed by atoms with Crippen LogP contribution in [0, 0.1) is 0 Å². The van der Waals surface area contributed by atoms with Crippen LogP contribution in [0.4, 0.5) is 10.5 Å². The minimum Gasteiger partial charge on any atom is -0.350 e. The van der Waals surface area contributed by atoms with Crippen molar-refractivity contribution in [3.8, 4) is 0 Å². The van der Waals surface area contributed by atoms with Crippen LogP contribution in [0.3, 0.4) is 0 Å². The van der Waals surface area contributed by atoms with Crippen molar-refractivity contribution >= 4 is 30.0 Å². The Kier molecular flexibility index (Phi) is 8.61. The van der Waals surface area contributed by atoms with Crippen molar-refractivity contribution in [3.63, 3.8) is 0 Å². The van der Waals surface area contributed by atoms with Crippen molar-refractivity contribution in [3.05, 3.63) is 65.7 Å². The number of amides is 3. The Bertz CT molecular complexity index is 705. The van der Waals surface area contributed by atoms with E-state index in [9.17, 15) is 9.59 Å². The molecule has 0 aliphatic carbocycles. The smallest absolute Gasteiger partial charge is 0.319 e. The predicted molar refractivity (Wildman–Crippen MR) is 106 cm³/mol. The summed E-state index contributed by atoms with van der Waals surface area (Å²) in [7, 11) is 0. The number of nitrogens with one attached hydrogen (secondary N) is 3. The van der Waals surface area contributed by atoms with E-state index in [0.717, 1.165) is 11.1 Å². The third-order valence-electron chi connectivity index (χ3n) is 3.54. The average Bonchev–Trinajstić information content (AvgIpc) is 2.60. The zero-order valence-electron chi connectivity index (χ0n) is 14.9. The highest BCUT2D eigenvalue weighted by molar-refractivity contribution is 5.89. The highest BCUT2D eigenvalue weighted by atomic mass is 35.5. The summed E-state index contributed by atoms with van der Waals surface area (Å²) in [4.78, 5) is 23.8. The van der Waals surface area contributed by atoms with Crippen LogP contribution < -0.4 is 21.7 Å². The topological polar surface area (TPSA) is 96.2 Å². The summed E-state index contributed by atoms with van der Waals surface area (Å²) in [6, 6.07) is 15.6. The fraction of sp³-hybridized carbons (Fsp3) is 0.263. The van der Waals surface area contributed by atoms with E-state index in [2.05, 4.69) is 16.0 Å². The minimum absolute atomic E-state index is 0. The highest BCUT2D eigenvalue weighted by Gasteiger charge is 2.14. The molecule has 0 spiro atoms. The molecule has 0 heterocycles. The maximum absolute atomic E-state index is 12.1. The molecule has 0 bridgehead atoms. The second-order valence-electron chi connectivity index (χ2n) is 6.06. The molecular formula is C19H25ClN4O2. The van der Waals surface area contributed by atoms with Crippen molar-refractivity contribution < 1.29 is 9.59 Å². The number of nitrogens with two attached hydrogens (primary N) is 1. The second-order valence-corrected chi connectivity index (χ2v) is 6.06. The van der Waals surface area contributed by atoms with Gasteiger partial charge in [0.1, 0.15) is 6.04 Å². The van der Waals surface area contributed by atoms with E-state index >= 15 is 0 Å². The lowest BCUT2D eigenvalue weighted by molar-refractivity contribution is -0.122. The quantitative estimate of drug-likeness (QED) is 0.624. The zero-order chi connectivity index (χ0) is 18.2. The molecule has 0 fully saturated rings. The Morgan fingerprint density at radius 2 is 1.62 bits per heavy atom. The standard InChI is InChI=1S/C19H24N4O2.ClH/c1-13(2)22-19(25)23-16-10-8-14(9-11-16)12-21-18(24)17(20)15-6-4-3-5-7-15;/h3-11,13,17H,12,20H2,1-2H3,(H,21,24)(H2,22,23,25);1H. The summed E-state index contributed by atoms with van der Waals surface area (Å²) in [5, 5.41) is 8.32. The molecule has 0 saturated carbocycles. The first-order chi connectivity index (χ1) is 12.0. The molecule has 140 valence electrons. The van der Waals surface area contributed by atoms with Gasteiger partial charge >= 0.3 is 6.03 Å². The second kappa shape index (κ2) is 10.4. The van der Waals surface area contributed by atoms with Gasteiger partial charge in [-0.25, -0.2) is 4.79 Å². The lowest BCUT2D eigenvalue weighted by Crippen LogP contribution is -2.34. The molecule has 0 radical (unpaired) electrons. The first-order valence-corrected chi connectivity index (χ1v) is 8.20. The van der Waals surface area contributed by atoms with Gasteiger partial charge in [0.05, 0.1) is 0 Å². The fourth-order valence-electron chi connectivity index (χ4n) is 2.25. The van der Waals surface area contributed by atoms with Gasteiger partial charge in [0.15, 0.2) is 0 Å². The van der Waals surface area contributed by atoms with Crippen LogP contribution in [-0.4, -0.2) is 18.0 Å². The molecule has 1 unspecified atom stereocenters.